The van der Waals surface area contributed by atoms with Crippen molar-refractivity contribution in [2.24, 2.45) is 4.99 Å². The number of amides is 1. The molecule has 3 aromatic rings. The van der Waals surface area contributed by atoms with Crippen LogP contribution in [0.1, 0.15) is 31.0 Å². The zero-order valence-electron chi connectivity index (χ0n) is 17.8. The Labute approximate surface area is 215 Å². The molecule has 1 aliphatic rings. The van der Waals surface area contributed by atoms with Gasteiger partial charge in [0.1, 0.15) is 17.5 Å². The van der Waals surface area contributed by atoms with Crippen LogP contribution in [-0.4, -0.2) is 22.7 Å². The molecule has 0 saturated carbocycles. The Morgan fingerprint density at radius 2 is 1.59 bits per heavy atom. The number of carbonyl (C=O) groups is 2. The molecule has 0 saturated heterocycles. The van der Waals surface area contributed by atoms with E-state index in [9.17, 15) is 14.7 Å². The van der Waals surface area contributed by atoms with Gasteiger partial charge in [-0.05, 0) is 48.5 Å². The quantitative estimate of drug-likeness (QED) is 0.284. The summed E-state index contributed by atoms with van der Waals surface area (Å²) in [5.74, 6) is -0.873. The number of phenols is 1. The lowest BCUT2D eigenvalue weighted by Crippen LogP contribution is -2.40. The van der Waals surface area contributed by atoms with E-state index in [1.807, 2.05) is 0 Å². The molecule has 1 amide bonds. The van der Waals surface area contributed by atoms with Gasteiger partial charge >= 0.3 is 5.97 Å². The topological polar surface area (TPSA) is 79.2 Å². The Balaban J connectivity index is 2.09. The molecule has 1 heterocycles. The third kappa shape index (κ3) is 4.59. The molecule has 0 aromatic heterocycles. The number of phenolic OH excluding ortho intramolecular Hbond substituents is 1. The second-order valence-electron chi connectivity index (χ2n) is 7.48. The molecule has 0 radical (unpaired) electrons. The molecular formula is C24H16Cl4N2O4. The minimum Gasteiger partial charge on any atom is -0.507 e. The number of esters is 1. The number of fused-ring (bicyclic) bond motifs is 1. The molecule has 4 rings (SSSR count). The SMILES string of the molecule is CC(=O)Oc1ccc(Cl)cc1C1C(c2cc(Cl)ccc2O)=Nc2cc(Cl)c(Cl)cc2N1C(C)=O. The van der Waals surface area contributed by atoms with Crippen LogP contribution in [0.25, 0.3) is 0 Å². The molecule has 0 bridgehead atoms. The van der Waals surface area contributed by atoms with Crippen LogP contribution in [0.3, 0.4) is 0 Å². The molecular weight excluding hydrogens is 522 g/mol. The van der Waals surface area contributed by atoms with Crippen molar-refractivity contribution in [3.63, 3.8) is 0 Å². The van der Waals surface area contributed by atoms with Crippen LogP contribution in [0.4, 0.5) is 11.4 Å². The minimum absolute atomic E-state index is 0.115. The number of benzene rings is 3. The first-order chi connectivity index (χ1) is 16.1. The molecule has 174 valence electrons. The molecule has 34 heavy (non-hydrogen) atoms. The highest BCUT2D eigenvalue weighted by atomic mass is 35.5. The molecule has 0 aliphatic carbocycles. The fourth-order valence-electron chi connectivity index (χ4n) is 3.80. The number of ether oxygens (including phenoxy) is 1. The Morgan fingerprint density at radius 1 is 0.941 bits per heavy atom. The van der Waals surface area contributed by atoms with E-state index in [4.69, 9.17) is 56.1 Å². The Bertz CT molecular complexity index is 1370. The lowest BCUT2D eigenvalue weighted by Gasteiger charge is -2.37. The maximum Gasteiger partial charge on any atom is 0.308 e. The number of carbonyl (C=O) groups excluding carboxylic acids is 2. The van der Waals surface area contributed by atoms with Crippen LogP contribution in [0.15, 0.2) is 53.5 Å². The van der Waals surface area contributed by atoms with Gasteiger partial charge in [-0.15, -0.1) is 0 Å². The monoisotopic (exact) mass is 536 g/mol. The number of aliphatic imine (C=N–C) groups is 1. The standard InChI is InChI=1S/C24H16Cl4N2O4/c1-11(31)30-20-10-18(28)17(27)9-19(20)29-23(15-7-13(25)3-5-21(15)33)24(30)16-8-14(26)4-6-22(16)34-12(2)32/h3-10,24,33H,1-2H3. The van der Waals surface area contributed by atoms with Gasteiger partial charge in [0.15, 0.2) is 0 Å². The Hall–Kier alpha value is -2.77. The summed E-state index contributed by atoms with van der Waals surface area (Å²) in [7, 11) is 0. The van der Waals surface area contributed by atoms with E-state index in [1.165, 1.54) is 55.1 Å². The molecule has 0 spiro atoms. The number of rotatable bonds is 3. The summed E-state index contributed by atoms with van der Waals surface area (Å²) in [6.07, 6.45) is 0. The van der Waals surface area contributed by atoms with E-state index in [0.717, 1.165) is 0 Å². The van der Waals surface area contributed by atoms with Crippen LogP contribution in [0, 0.1) is 0 Å². The van der Waals surface area contributed by atoms with Gasteiger partial charge in [-0.3, -0.25) is 14.5 Å². The van der Waals surface area contributed by atoms with Crippen LogP contribution in [0.2, 0.25) is 20.1 Å². The van der Waals surface area contributed by atoms with Crippen molar-refractivity contribution in [3.05, 3.63) is 79.7 Å². The van der Waals surface area contributed by atoms with Gasteiger partial charge in [0.2, 0.25) is 5.91 Å². The largest absolute Gasteiger partial charge is 0.507 e. The highest BCUT2D eigenvalue weighted by Gasteiger charge is 2.38. The van der Waals surface area contributed by atoms with Gasteiger partial charge < -0.3 is 9.84 Å². The van der Waals surface area contributed by atoms with E-state index in [1.54, 1.807) is 12.1 Å². The summed E-state index contributed by atoms with van der Waals surface area (Å²) < 4.78 is 5.42. The molecule has 10 heteroatoms. The van der Waals surface area contributed by atoms with Crippen molar-refractivity contribution >= 4 is 75.4 Å². The smallest absolute Gasteiger partial charge is 0.308 e. The zero-order chi connectivity index (χ0) is 24.7. The fourth-order valence-corrected chi connectivity index (χ4v) is 4.47. The van der Waals surface area contributed by atoms with Crippen LogP contribution < -0.4 is 9.64 Å². The zero-order valence-corrected chi connectivity index (χ0v) is 20.8. The van der Waals surface area contributed by atoms with E-state index in [-0.39, 0.29) is 38.7 Å². The third-order valence-corrected chi connectivity index (χ3v) is 6.32. The summed E-state index contributed by atoms with van der Waals surface area (Å²) in [6, 6.07) is 11.2. The van der Waals surface area contributed by atoms with E-state index in [2.05, 4.69) is 0 Å². The lowest BCUT2D eigenvalue weighted by molar-refractivity contribution is -0.131. The second-order valence-corrected chi connectivity index (χ2v) is 9.17. The van der Waals surface area contributed by atoms with Crippen molar-refractivity contribution < 1.29 is 19.4 Å². The third-order valence-electron chi connectivity index (χ3n) is 5.13. The number of halogens is 4. The molecule has 6 nitrogen and oxygen atoms in total. The van der Waals surface area contributed by atoms with Crippen molar-refractivity contribution in [1.29, 1.82) is 0 Å². The maximum atomic E-state index is 13.1. The number of anilines is 1. The average Bonchev–Trinajstić information content (AvgIpc) is 2.76. The maximum absolute atomic E-state index is 13.1. The predicted octanol–water partition coefficient (Wildman–Crippen LogP) is 7.16. The Kier molecular flexibility index (Phi) is 6.78. The van der Waals surface area contributed by atoms with Crippen molar-refractivity contribution in [1.82, 2.24) is 0 Å². The number of aromatic hydroxyl groups is 1. The van der Waals surface area contributed by atoms with Gasteiger partial charge in [0, 0.05) is 35.0 Å². The Morgan fingerprint density at radius 3 is 2.26 bits per heavy atom. The van der Waals surface area contributed by atoms with E-state index >= 15 is 0 Å². The first-order valence-electron chi connectivity index (χ1n) is 9.91. The van der Waals surface area contributed by atoms with E-state index < -0.39 is 12.0 Å². The summed E-state index contributed by atoms with van der Waals surface area (Å²) in [4.78, 5) is 31.0. The summed E-state index contributed by atoms with van der Waals surface area (Å²) in [5, 5.41) is 11.8. The minimum atomic E-state index is -0.959. The first-order valence-corrected chi connectivity index (χ1v) is 11.4. The summed E-state index contributed by atoms with van der Waals surface area (Å²) in [5.41, 5.74) is 1.64. The van der Waals surface area contributed by atoms with Crippen LogP contribution in [0.5, 0.6) is 11.5 Å². The molecule has 0 fully saturated rings. The second kappa shape index (κ2) is 9.47. The fraction of sp³-hybridized carbons (Fsp3) is 0.125. The van der Waals surface area contributed by atoms with Gasteiger partial charge in [0.25, 0.3) is 0 Å². The molecule has 1 unspecified atom stereocenters. The number of hydrogen-bond acceptors (Lipinski definition) is 5. The highest BCUT2D eigenvalue weighted by Crippen LogP contribution is 2.48. The van der Waals surface area contributed by atoms with Gasteiger partial charge in [-0.25, -0.2) is 4.99 Å². The van der Waals surface area contributed by atoms with Gasteiger partial charge in [0.05, 0.1) is 27.1 Å². The summed E-state index contributed by atoms with van der Waals surface area (Å²) in [6.45, 7) is 2.63. The first kappa shape index (κ1) is 24.4. The van der Waals surface area contributed by atoms with Crippen molar-refractivity contribution in [2.75, 3.05) is 4.90 Å². The predicted molar refractivity (Wildman–Crippen MR) is 134 cm³/mol. The van der Waals surface area contributed by atoms with Crippen LogP contribution in [-0.2, 0) is 9.59 Å². The lowest BCUT2D eigenvalue weighted by atomic mass is 9.91. The number of hydrogen-bond donors (Lipinski definition) is 1. The number of nitrogens with zero attached hydrogens (tertiary/aromatic N) is 2. The van der Waals surface area contributed by atoms with Crippen molar-refractivity contribution in [2.45, 2.75) is 19.9 Å². The highest BCUT2D eigenvalue weighted by molar-refractivity contribution is 6.42. The van der Waals surface area contributed by atoms with Gasteiger partial charge in [-0.2, -0.15) is 0 Å². The molecule has 1 aliphatic heterocycles. The van der Waals surface area contributed by atoms with Crippen LogP contribution >= 0.6 is 46.4 Å². The molecule has 1 N–H and O–H groups in total. The molecule has 1 atom stereocenters. The normalized spacial score (nSPS) is 14.9. The average molecular weight is 538 g/mol. The summed E-state index contributed by atoms with van der Waals surface area (Å²) >= 11 is 25.0. The van der Waals surface area contributed by atoms with Gasteiger partial charge in [-0.1, -0.05) is 46.4 Å². The van der Waals surface area contributed by atoms with Crippen molar-refractivity contribution in [3.8, 4) is 11.5 Å². The molecule has 3 aromatic carbocycles. The van der Waals surface area contributed by atoms with E-state index in [0.29, 0.717) is 27.0 Å².